The Morgan fingerprint density at radius 2 is 2.12 bits per heavy atom. The zero-order chi connectivity index (χ0) is 23.5. The Morgan fingerprint density at radius 1 is 1.38 bits per heavy atom. The van der Waals surface area contributed by atoms with E-state index in [9.17, 15) is 22.8 Å². The summed E-state index contributed by atoms with van der Waals surface area (Å²) in [4.78, 5) is 30.8. The maximum absolute atomic E-state index is 13.0. The van der Waals surface area contributed by atoms with E-state index in [-0.39, 0.29) is 48.7 Å². The van der Waals surface area contributed by atoms with Crippen molar-refractivity contribution in [2.75, 3.05) is 19.8 Å². The first-order valence-electron chi connectivity index (χ1n) is 9.75. The second-order valence-corrected chi connectivity index (χ2v) is 7.64. The molecular formula is C21H21ClF3N3O4. The van der Waals surface area contributed by atoms with Gasteiger partial charge < -0.3 is 20.1 Å². The molecule has 32 heavy (non-hydrogen) atoms. The molecule has 1 aliphatic heterocycles. The molecule has 1 aromatic carbocycles. The van der Waals surface area contributed by atoms with Gasteiger partial charge >= 0.3 is 6.18 Å². The molecule has 1 atom stereocenters. The maximum atomic E-state index is 13.0. The van der Waals surface area contributed by atoms with E-state index in [1.807, 2.05) is 0 Å². The van der Waals surface area contributed by atoms with E-state index in [4.69, 9.17) is 21.4 Å². The minimum atomic E-state index is -4.48. The first-order valence-corrected chi connectivity index (χ1v) is 10.1. The van der Waals surface area contributed by atoms with E-state index in [1.54, 1.807) is 24.0 Å². The number of aliphatic hydroxyl groups is 1. The molecule has 7 nitrogen and oxygen atoms in total. The lowest BCUT2D eigenvalue weighted by atomic mass is 10.1. The highest BCUT2D eigenvalue weighted by molar-refractivity contribution is 6.32. The number of hydrogen-bond donors (Lipinski definition) is 2. The average molecular weight is 472 g/mol. The number of amides is 2. The lowest BCUT2D eigenvalue weighted by molar-refractivity contribution is -0.153. The van der Waals surface area contributed by atoms with Crippen molar-refractivity contribution < 1.29 is 32.6 Å². The number of ether oxygens (including phenoxy) is 1. The zero-order valence-electron chi connectivity index (χ0n) is 17.1. The predicted octanol–water partition coefficient (Wildman–Crippen LogP) is 3.04. The number of fused-ring (bicyclic) bond motifs is 1. The van der Waals surface area contributed by atoms with Crippen LogP contribution in [-0.4, -0.2) is 52.7 Å². The van der Waals surface area contributed by atoms with Gasteiger partial charge in [0.15, 0.2) is 6.61 Å². The molecule has 11 heteroatoms. The van der Waals surface area contributed by atoms with Gasteiger partial charge in [-0.2, -0.15) is 13.2 Å². The predicted molar refractivity (Wildman–Crippen MR) is 109 cm³/mol. The fourth-order valence-corrected chi connectivity index (χ4v) is 3.66. The van der Waals surface area contributed by atoms with Crippen LogP contribution < -0.4 is 10.1 Å². The second-order valence-electron chi connectivity index (χ2n) is 7.24. The fourth-order valence-electron chi connectivity index (χ4n) is 3.42. The highest BCUT2D eigenvalue weighted by Gasteiger charge is 2.34. The monoisotopic (exact) mass is 471 g/mol. The molecule has 0 spiro atoms. The molecule has 0 bridgehead atoms. The molecule has 2 amide bonds. The molecule has 0 fully saturated rings. The minimum Gasteiger partial charge on any atom is -0.483 e. The summed E-state index contributed by atoms with van der Waals surface area (Å²) in [6.45, 7) is 0.476. The summed E-state index contributed by atoms with van der Waals surface area (Å²) in [6.07, 6.45) is -3.05. The molecule has 0 aliphatic carbocycles. The van der Waals surface area contributed by atoms with Crippen LogP contribution >= 0.6 is 11.6 Å². The Bertz CT molecular complexity index is 1020. The third-order valence-corrected chi connectivity index (χ3v) is 5.32. The van der Waals surface area contributed by atoms with E-state index in [1.165, 1.54) is 18.3 Å². The van der Waals surface area contributed by atoms with Crippen LogP contribution in [0.15, 0.2) is 30.5 Å². The average Bonchev–Trinajstić information content (AvgIpc) is 3.08. The smallest absolute Gasteiger partial charge is 0.422 e. The van der Waals surface area contributed by atoms with Crippen molar-refractivity contribution in [3.8, 4) is 5.75 Å². The van der Waals surface area contributed by atoms with Crippen molar-refractivity contribution in [3.63, 3.8) is 0 Å². The third kappa shape index (κ3) is 5.49. The number of pyridine rings is 1. The van der Waals surface area contributed by atoms with Gasteiger partial charge in [0.25, 0.3) is 5.91 Å². The van der Waals surface area contributed by atoms with Gasteiger partial charge in [-0.25, -0.2) is 0 Å². The minimum absolute atomic E-state index is 0.00525. The number of nitrogens with one attached hydrogen (secondary N) is 1. The first-order chi connectivity index (χ1) is 15.1. The van der Waals surface area contributed by atoms with E-state index < -0.39 is 18.8 Å². The van der Waals surface area contributed by atoms with Crippen LogP contribution in [0.3, 0.4) is 0 Å². The van der Waals surface area contributed by atoms with Gasteiger partial charge in [-0.3, -0.25) is 14.6 Å². The molecular weight excluding hydrogens is 451 g/mol. The molecule has 3 rings (SSSR count). The van der Waals surface area contributed by atoms with E-state index in [0.717, 1.165) is 0 Å². The summed E-state index contributed by atoms with van der Waals surface area (Å²) in [5.74, 6) is -0.670. The maximum Gasteiger partial charge on any atom is 0.422 e. The molecule has 2 heterocycles. The molecule has 2 aromatic rings. The summed E-state index contributed by atoms with van der Waals surface area (Å²) in [5.41, 5.74) is 2.16. The number of halogens is 4. The molecule has 1 aliphatic rings. The van der Waals surface area contributed by atoms with Crippen molar-refractivity contribution in [1.29, 1.82) is 0 Å². The van der Waals surface area contributed by atoms with Crippen LogP contribution in [0.5, 0.6) is 5.75 Å². The van der Waals surface area contributed by atoms with E-state index in [2.05, 4.69) is 10.3 Å². The van der Waals surface area contributed by atoms with Crippen LogP contribution in [0.4, 0.5) is 13.2 Å². The number of carbonyl (C=O) groups excluding carboxylic acids is 2. The van der Waals surface area contributed by atoms with Crippen LogP contribution in [0.1, 0.15) is 40.1 Å². The quantitative estimate of drug-likeness (QED) is 0.617. The van der Waals surface area contributed by atoms with Crippen molar-refractivity contribution in [3.05, 3.63) is 57.9 Å². The third-order valence-electron chi connectivity index (χ3n) is 5.02. The standard InChI is InChI=1S/C21H21ClF3N3O4/c1-12(13-2-3-18(16(22)8-13)32-11-21(23,24)25)28-10-15-14(20(28)31)4-5-26-17(15)9-19(30)27-6-7-29/h2-5,8,12,29H,6-7,9-11H2,1H3,(H,27,30). The molecule has 0 saturated carbocycles. The van der Waals surface area contributed by atoms with E-state index >= 15 is 0 Å². The summed E-state index contributed by atoms with van der Waals surface area (Å²) >= 11 is 6.09. The largest absolute Gasteiger partial charge is 0.483 e. The highest BCUT2D eigenvalue weighted by Crippen LogP contribution is 2.35. The van der Waals surface area contributed by atoms with Gasteiger partial charge in [-0.1, -0.05) is 17.7 Å². The molecule has 2 N–H and O–H groups in total. The second kappa shape index (κ2) is 9.74. The topological polar surface area (TPSA) is 91.8 Å². The van der Waals surface area contributed by atoms with Crippen LogP contribution in [0, 0.1) is 0 Å². The van der Waals surface area contributed by atoms with Crippen LogP contribution in [0.2, 0.25) is 5.02 Å². The first kappa shape index (κ1) is 23.8. The summed E-state index contributed by atoms with van der Waals surface area (Å²) < 4.78 is 41.8. The molecule has 1 unspecified atom stereocenters. The molecule has 0 radical (unpaired) electrons. The van der Waals surface area contributed by atoms with Gasteiger partial charge in [-0.05, 0) is 30.7 Å². The molecule has 172 valence electrons. The van der Waals surface area contributed by atoms with Gasteiger partial charge in [0.2, 0.25) is 5.91 Å². The highest BCUT2D eigenvalue weighted by atomic mass is 35.5. The Labute approximate surface area is 187 Å². The van der Waals surface area contributed by atoms with Crippen molar-refractivity contribution in [2.45, 2.75) is 32.1 Å². The number of carbonyl (C=O) groups is 2. The summed E-state index contributed by atoms with van der Waals surface area (Å²) in [7, 11) is 0. The number of hydrogen-bond acceptors (Lipinski definition) is 5. The lowest BCUT2D eigenvalue weighted by Gasteiger charge is -2.25. The van der Waals surface area contributed by atoms with Crippen LogP contribution in [0.25, 0.3) is 0 Å². The van der Waals surface area contributed by atoms with E-state index in [0.29, 0.717) is 22.4 Å². The Hall–Kier alpha value is -2.85. The normalized spacial score (nSPS) is 14.3. The van der Waals surface area contributed by atoms with Gasteiger partial charge in [0.1, 0.15) is 5.75 Å². The zero-order valence-corrected chi connectivity index (χ0v) is 17.8. The molecule has 0 saturated heterocycles. The Balaban J connectivity index is 1.76. The Kier molecular flexibility index (Phi) is 7.25. The number of rotatable bonds is 8. The van der Waals surface area contributed by atoms with Gasteiger partial charge in [0, 0.05) is 30.4 Å². The lowest BCUT2D eigenvalue weighted by Crippen LogP contribution is -2.28. The Morgan fingerprint density at radius 3 is 2.78 bits per heavy atom. The number of alkyl halides is 3. The number of aromatic nitrogens is 1. The number of benzene rings is 1. The number of nitrogens with zero attached hydrogens (tertiary/aromatic N) is 2. The summed E-state index contributed by atoms with van der Waals surface area (Å²) in [6, 6.07) is 5.50. The van der Waals surface area contributed by atoms with Gasteiger partial charge in [0.05, 0.1) is 29.8 Å². The van der Waals surface area contributed by atoms with Gasteiger partial charge in [-0.15, -0.1) is 0 Å². The summed E-state index contributed by atoms with van der Waals surface area (Å²) in [5, 5.41) is 11.4. The van der Waals surface area contributed by atoms with Crippen molar-refractivity contribution >= 4 is 23.4 Å². The SMILES string of the molecule is CC(c1ccc(OCC(F)(F)F)c(Cl)c1)N1Cc2c(ccnc2CC(=O)NCCO)C1=O. The number of aliphatic hydroxyl groups excluding tert-OH is 1. The van der Waals surface area contributed by atoms with Crippen molar-refractivity contribution in [2.24, 2.45) is 0 Å². The molecule has 1 aromatic heterocycles. The van der Waals surface area contributed by atoms with Crippen molar-refractivity contribution in [1.82, 2.24) is 15.2 Å². The van der Waals surface area contributed by atoms with Crippen LogP contribution in [-0.2, 0) is 17.8 Å². The fraction of sp³-hybridized carbons (Fsp3) is 0.381.